The Kier molecular flexibility index (Phi) is 5.26. The Bertz CT molecular complexity index is 1250. The van der Waals surface area contributed by atoms with Gasteiger partial charge in [-0.1, -0.05) is 12.1 Å². The lowest BCUT2D eigenvalue weighted by molar-refractivity contribution is 0.0561. The van der Waals surface area contributed by atoms with E-state index in [1.54, 1.807) is 55.6 Å². The maximum Gasteiger partial charge on any atom is 0.373 e. The summed E-state index contributed by atoms with van der Waals surface area (Å²) in [6, 6.07) is 17.2. The number of methoxy groups -OCH3 is 2. The van der Waals surface area contributed by atoms with Crippen LogP contribution in [-0.2, 0) is 11.3 Å². The number of rotatable bonds is 6. The van der Waals surface area contributed by atoms with Gasteiger partial charge in [-0.15, -0.1) is 0 Å². The maximum absolute atomic E-state index is 12.4. The first-order valence-corrected chi connectivity index (χ1v) is 9.09. The van der Waals surface area contributed by atoms with Crippen LogP contribution in [0.5, 0.6) is 11.5 Å². The molecule has 4 aromatic rings. The van der Waals surface area contributed by atoms with Crippen LogP contribution in [0.3, 0.4) is 0 Å². The van der Waals surface area contributed by atoms with Crippen molar-refractivity contribution in [1.29, 1.82) is 0 Å². The van der Waals surface area contributed by atoms with Gasteiger partial charge in [-0.2, -0.15) is 0 Å². The van der Waals surface area contributed by atoms with Gasteiger partial charge >= 0.3 is 11.6 Å². The third-order valence-corrected chi connectivity index (χ3v) is 4.53. The van der Waals surface area contributed by atoms with Crippen molar-refractivity contribution in [2.24, 2.45) is 0 Å². The Morgan fingerprint density at radius 3 is 2.40 bits per heavy atom. The molecule has 152 valence electrons. The van der Waals surface area contributed by atoms with Crippen LogP contribution in [0.2, 0.25) is 0 Å². The number of ether oxygens (including phenoxy) is 3. The van der Waals surface area contributed by atoms with Crippen LogP contribution >= 0.6 is 0 Å². The number of carbonyl (C=O) groups is 1. The SMILES string of the molecule is COC(=O)c1ccc(COc2ccc(-c3cc4cc(OC)ccc4oc3=O)cc2)o1. The molecule has 0 spiro atoms. The predicted molar refractivity (Wildman–Crippen MR) is 109 cm³/mol. The van der Waals surface area contributed by atoms with E-state index < -0.39 is 11.6 Å². The molecule has 0 aliphatic heterocycles. The fraction of sp³-hybridized carbons (Fsp3) is 0.130. The summed E-state index contributed by atoms with van der Waals surface area (Å²) in [4.78, 5) is 23.8. The highest BCUT2D eigenvalue weighted by molar-refractivity contribution is 5.86. The molecule has 2 aromatic heterocycles. The third-order valence-electron chi connectivity index (χ3n) is 4.53. The summed E-state index contributed by atoms with van der Waals surface area (Å²) in [7, 11) is 2.87. The monoisotopic (exact) mass is 406 g/mol. The van der Waals surface area contributed by atoms with Crippen molar-refractivity contribution >= 4 is 16.9 Å². The summed E-state index contributed by atoms with van der Waals surface area (Å²) in [5, 5.41) is 0.767. The van der Waals surface area contributed by atoms with E-state index in [-0.39, 0.29) is 12.4 Å². The van der Waals surface area contributed by atoms with Crippen LogP contribution in [0.25, 0.3) is 22.1 Å². The number of esters is 1. The maximum atomic E-state index is 12.4. The van der Waals surface area contributed by atoms with E-state index in [4.69, 9.17) is 18.3 Å². The zero-order valence-corrected chi connectivity index (χ0v) is 16.3. The van der Waals surface area contributed by atoms with Gasteiger partial charge in [-0.25, -0.2) is 9.59 Å². The largest absolute Gasteiger partial charge is 0.497 e. The molecule has 0 N–H and O–H groups in total. The average molecular weight is 406 g/mol. The summed E-state index contributed by atoms with van der Waals surface area (Å²) in [5.74, 6) is 1.33. The number of benzene rings is 2. The van der Waals surface area contributed by atoms with Crippen LogP contribution in [0.4, 0.5) is 0 Å². The Morgan fingerprint density at radius 1 is 0.900 bits per heavy atom. The van der Waals surface area contributed by atoms with Gasteiger partial charge in [0, 0.05) is 5.39 Å². The molecule has 0 aliphatic rings. The molecule has 0 saturated heterocycles. The Labute approximate surface area is 171 Å². The lowest BCUT2D eigenvalue weighted by atomic mass is 10.1. The number of furan rings is 1. The highest BCUT2D eigenvalue weighted by atomic mass is 16.5. The van der Waals surface area contributed by atoms with E-state index in [0.29, 0.717) is 34.0 Å². The van der Waals surface area contributed by atoms with Crippen molar-refractivity contribution in [1.82, 2.24) is 0 Å². The van der Waals surface area contributed by atoms with Crippen molar-refractivity contribution in [2.45, 2.75) is 6.61 Å². The van der Waals surface area contributed by atoms with E-state index in [9.17, 15) is 9.59 Å². The summed E-state index contributed by atoms with van der Waals surface area (Å²) < 4.78 is 26.3. The minimum Gasteiger partial charge on any atom is -0.497 e. The van der Waals surface area contributed by atoms with Gasteiger partial charge in [0.25, 0.3) is 0 Å². The molecular weight excluding hydrogens is 388 g/mol. The Balaban J connectivity index is 1.52. The number of hydrogen-bond donors (Lipinski definition) is 0. The molecule has 0 saturated carbocycles. The minimum absolute atomic E-state index is 0.117. The van der Waals surface area contributed by atoms with Gasteiger partial charge in [0.2, 0.25) is 5.76 Å². The molecule has 0 bridgehead atoms. The van der Waals surface area contributed by atoms with Crippen molar-refractivity contribution in [3.63, 3.8) is 0 Å². The van der Waals surface area contributed by atoms with Gasteiger partial charge < -0.3 is 23.0 Å². The second-order valence-corrected chi connectivity index (χ2v) is 6.42. The Morgan fingerprint density at radius 2 is 1.67 bits per heavy atom. The van der Waals surface area contributed by atoms with Crippen LogP contribution in [-0.4, -0.2) is 20.2 Å². The normalized spacial score (nSPS) is 10.7. The average Bonchev–Trinajstić information content (AvgIpc) is 3.26. The zero-order chi connectivity index (χ0) is 21.1. The zero-order valence-electron chi connectivity index (χ0n) is 16.3. The van der Waals surface area contributed by atoms with Crippen LogP contribution < -0.4 is 15.1 Å². The molecule has 30 heavy (non-hydrogen) atoms. The molecule has 0 aliphatic carbocycles. The van der Waals surface area contributed by atoms with Gasteiger partial charge in [0.1, 0.15) is 29.4 Å². The van der Waals surface area contributed by atoms with Crippen LogP contribution in [0.1, 0.15) is 16.3 Å². The molecule has 2 aromatic carbocycles. The summed E-state index contributed by atoms with van der Waals surface area (Å²) in [6.45, 7) is 0.147. The quantitative estimate of drug-likeness (QED) is 0.346. The molecule has 7 nitrogen and oxygen atoms in total. The third kappa shape index (κ3) is 3.91. The van der Waals surface area contributed by atoms with Crippen LogP contribution in [0.15, 0.2) is 74.3 Å². The fourth-order valence-corrected chi connectivity index (χ4v) is 2.98. The number of carbonyl (C=O) groups excluding carboxylic acids is 1. The number of fused-ring (bicyclic) bond motifs is 1. The van der Waals surface area contributed by atoms with Gasteiger partial charge in [-0.05, 0) is 54.1 Å². The second kappa shape index (κ2) is 8.16. The first kappa shape index (κ1) is 19.3. The lowest BCUT2D eigenvalue weighted by Gasteiger charge is -2.07. The van der Waals surface area contributed by atoms with Crippen LogP contribution in [0, 0.1) is 0 Å². The van der Waals surface area contributed by atoms with E-state index in [1.807, 2.05) is 6.07 Å². The Hall–Kier alpha value is -4.00. The van der Waals surface area contributed by atoms with E-state index in [0.717, 1.165) is 5.39 Å². The number of hydrogen-bond acceptors (Lipinski definition) is 7. The van der Waals surface area contributed by atoms with Gasteiger partial charge in [0.15, 0.2) is 0 Å². The lowest BCUT2D eigenvalue weighted by Crippen LogP contribution is -2.03. The summed E-state index contributed by atoms with van der Waals surface area (Å²) in [5.41, 5.74) is 1.21. The standard InChI is InChI=1S/C23H18O7/c1-26-17-7-9-20-15(11-17)12-19(22(24)30-20)14-3-5-16(6-4-14)28-13-18-8-10-21(29-18)23(25)27-2/h3-12H,13H2,1-2H3. The van der Waals surface area contributed by atoms with E-state index in [1.165, 1.54) is 13.2 Å². The second-order valence-electron chi connectivity index (χ2n) is 6.42. The van der Waals surface area contributed by atoms with Crippen molar-refractivity contribution in [3.8, 4) is 22.6 Å². The smallest absolute Gasteiger partial charge is 0.373 e. The predicted octanol–water partition coefficient (Wildman–Crippen LogP) is 4.43. The fourth-order valence-electron chi connectivity index (χ4n) is 2.98. The first-order chi connectivity index (χ1) is 14.6. The topological polar surface area (TPSA) is 88.1 Å². The highest BCUT2D eigenvalue weighted by Gasteiger charge is 2.12. The summed E-state index contributed by atoms with van der Waals surface area (Å²) in [6.07, 6.45) is 0. The van der Waals surface area contributed by atoms with Gasteiger partial charge in [0.05, 0.1) is 19.8 Å². The molecular formula is C23H18O7. The van der Waals surface area contributed by atoms with Crippen molar-refractivity contribution in [2.75, 3.05) is 14.2 Å². The van der Waals surface area contributed by atoms with E-state index in [2.05, 4.69) is 4.74 Å². The molecule has 7 heteroatoms. The van der Waals surface area contributed by atoms with E-state index >= 15 is 0 Å². The highest BCUT2D eigenvalue weighted by Crippen LogP contribution is 2.26. The molecule has 0 amide bonds. The van der Waals surface area contributed by atoms with Crippen molar-refractivity contribution < 1.29 is 27.8 Å². The molecule has 0 unspecified atom stereocenters. The first-order valence-electron chi connectivity index (χ1n) is 9.09. The molecule has 4 rings (SSSR count). The molecule has 2 heterocycles. The van der Waals surface area contributed by atoms with Crippen molar-refractivity contribution in [3.05, 3.63) is 82.6 Å². The minimum atomic E-state index is -0.544. The molecule has 0 fully saturated rings. The van der Waals surface area contributed by atoms with Gasteiger partial charge in [-0.3, -0.25) is 0 Å². The summed E-state index contributed by atoms with van der Waals surface area (Å²) >= 11 is 0. The molecule has 0 radical (unpaired) electrons. The molecule has 0 atom stereocenters.